The van der Waals surface area contributed by atoms with Gasteiger partial charge < -0.3 is 29.2 Å². The van der Waals surface area contributed by atoms with Crippen molar-refractivity contribution in [1.29, 1.82) is 0 Å². The van der Waals surface area contributed by atoms with E-state index < -0.39 is 43.2 Å². The molecular weight excluding hydrogens is 627 g/mol. The van der Waals surface area contributed by atoms with Crippen LogP contribution in [0.2, 0.25) is 5.02 Å². The molecule has 2 amide bonds. The molecular formula is C31H31ClF3N7O4. The van der Waals surface area contributed by atoms with E-state index in [0.29, 0.717) is 18.0 Å². The van der Waals surface area contributed by atoms with Gasteiger partial charge in [0.25, 0.3) is 0 Å². The molecule has 1 fully saturated rings. The molecule has 4 aromatic rings. The summed E-state index contributed by atoms with van der Waals surface area (Å²) in [6.45, 7) is -0.516. The van der Waals surface area contributed by atoms with Crippen molar-refractivity contribution in [3.8, 4) is 16.9 Å². The van der Waals surface area contributed by atoms with Gasteiger partial charge in [-0.2, -0.15) is 8.78 Å². The summed E-state index contributed by atoms with van der Waals surface area (Å²) < 4.78 is 79.6. The lowest BCUT2D eigenvalue weighted by atomic mass is 10.00. The average Bonchev–Trinajstić information content (AvgIpc) is 3.52. The number of nitrogens with zero attached hydrogens (tertiary/aromatic N) is 6. The van der Waals surface area contributed by atoms with Gasteiger partial charge >= 0.3 is 12.7 Å². The van der Waals surface area contributed by atoms with E-state index in [4.69, 9.17) is 25.2 Å². The predicted octanol–water partition coefficient (Wildman–Crippen LogP) is 5.72. The van der Waals surface area contributed by atoms with Crippen molar-refractivity contribution in [3.63, 3.8) is 0 Å². The third-order valence-corrected chi connectivity index (χ3v) is 7.93. The van der Waals surface area contributed by atoms with Crippen molar-refractivity contribution >= 4 is 40.6 Å². The maximum absolute atomic E-state index is 15.8. The van der Waals surface area contributed by atoms with Crippen LogP contribution in [0.3, 0.4) is 0 Å². The van der Waals surface area contributed by atoms with Gasteiger partial charge in [0.15, 0.2) is 0 Å². The van der Waals surface area contributed by atoms with Gasteiger partial charge in [0.2, 0.25) is 11.9 Å². The van der Waals surface area contributed by atoms with Crippen LogP contribution in [0.4, 0.5) is 23.9 Å². The smallest absolute Gasteiger partial charge is 0.410 e. The molecule has 242 valence electrons. The van der Waals surface area contributed by atoms with Crippen molar-refractivity contribution in [1.82, 2.24) is 29.7 Å². The highest BCUT2D eigenvalue weighted by molar-refractivity contribution is 6.31. The minimum Gasteiger partial charge on any atom is -0.444 e. The van der Waals surface area contributed by atoms with Gasteiger partial charge in [0, 0.05) is 70.8 Å². The van der Waals surface area contributed by atoms with Gasteiger partial charge in [-0.3, -0.25) is 4.79 Å². The third kappa shape index (κ3) is 6.00. The SMILES string of the molecule is [2H]C([2H])([2H])N(C(=O)OC(C)(C)C)[C@@H]1CC(c2c(Cl)cccc2OC(F)F)n2c1nc1cc(F)c(-c3cnc(N4CCNC(=O)C4)nc3)cc12. The highest BCUT2D eigenvalue weighted by Crippen LogP contribution is 2.49. The van der Waals surface area contributed by atoms with E-state index in [1.165, 1.54) is 36.7 Å². The number of hydrogen-bond donors (Lipinski definition) is 1. The van der Waals surface area contributed by atoms with Gasteiger partial charge in [-0.15, -0.1) is 0 Å². The largest absolute Gasteiger partial charge is 0.444 e. The summed E-state index contributed by atoms with van der Waals surface area (Å²) >= 11 is 6.60. The normalized spacial score (nSPS) is 19.3. The molecule has 4 heterocycles. The summed E-state index contributed by atoms with van der Waals surface area (Å²) in [5.41, 5.74) is -0.247. The summed E-state index contributed by atoms with van der Waals surface area (Å²) in [7, 11) is 0. The summed E-state index contributed by atoms with van der Waals surface area (Å²) in [4.78, 5) is 40.8. The van der Waals surface area contributed by atoms with Crippen molar-refractivity contribution in [2.75, 3.05) is 31.5 Å². The molecule has 11 nitrogen and oxygen atoms in total. The molecule has 2 aliphatic heterocycles. The summed E-state index contributed by atoms with van der Waals surface area (Å²) in [5, 5.41) is 2.75. The van der Waals surface area contributed by atoms with Crippen LogP contribution in [0, 0.1) is 5.82 Å². The lowest BCUT2D eigenvalue weighted by molar-refractivity contribution is -0.120. The molecule has 1 saturated heterocycles. The second kappa shape index (κ2) is 12.0. The van der Waals surface area contributed by atoms with Crippen molar-refractivity contribution in [2.24, 2.45) is 0 Å². The number of rotatable bonds is 6. The van der Waals surface area contributed by atoms with Gasteiger partial charge in [-0.25, -0.2) is 24.1 Å². The van der Waals surface area contributed by atoms with Crippen LogP contribution in [0.15, 0.2) is 42.7 Å². The molecule has 1 unspecified atom stereocenters. The molecule has 2 atom stereocenters. The average molecular weight is 661 g/mol. The number of piperazine rings is 1. The summed E-state index contributed by atoms with van der Waals surface area (Å²) in [5.74, 6) is -0.828. The first kappa shape index (κ1) is 27.7. The number of alkyl halides is 2. The first-order chi connectivity index (χ1) is 23.0. The number of benzene rings is 2. The van der Waals surface area contributed by atoms with Gasteiger partial charge in [-0.1, -0.05) is 17.7 Å². The number of carbonyl (C=O) groups excluding carboxylic acids is 2. The number of amides is 2. The van der Waals surface area contributed by atoms with Crippen LogP contribution in [-0.4, -0.2) is 75.2 Å². The zero-order chi connectivity index (χ0) is 35.4. The maximum atomic E-state index is 15.8. The van der Waals surface area contributed by atoms with Gasteiger partial charge in [0.05, 0.1) is 29.7 Å². The van der Waals surface area contributed by atoms with Crippen molar-refractivity contribution in [3.05, 3.63) is 65.0 Å². The Balaban J connectivity index is 1.51. The number of imidazole rings is 1. The fourth-order valence-electron chi connectivity index (χ4n) is 5.72. The molecule has 6 rings (SSSR count). The van der Waals surface area contributed by atoms with E-state index >= 15 is 4.39 Å². The fraction of sp³-hybridized carbons (Fsp3) is 0.387. The molecule has 0 aliphatic carbocycles. The van der Waals surface area contributed by atoms with E-state index in [2.05, 4.69) is 20.3 Å². The third-order valence-electron chi connectivity index (χ3n) is 7.60. The quantitative estimate of drug-likeness (QED) is 0.279. The Morgan fingerprint density at radius 1 is 1.24 bits per heavy atom. The van der Waals surface area contributed by atoms with E-state index in [1.54, 1.807) is 30.2 Å². The first-order valence-electron chi connectivity index (χ1n) is 15.8. The first-order valence-corrected chi connectivity index (χ1v) is 14.7. The van der Waals surface area contributed by atoms with Gasteiger partial charge in [-0.05, 0) is 39.0 Å². The molecule has 15 heteroatoms. The number of ether oxygens (including phenoxy) is 2. The van der Waals surface area contributed by atoms with Crippen LogP contribution < -0.4 is 15.0 Å². The topological polar surface area (TPSA) is 115 Å². The molecule has 2 aromatic heterocycles. The Morgan fingerprint density at radius 3 is 2.67 bits per heavy atom. The molecule has 0 spiro atoms. The van der Waals surface area contributed by atoms with E-state index in [0.717, 1.165) is 6.07 Å². The Labute approximate surface area is 271 Å². The molecule has 46 heavy (non-hydrogen) atoms. The second-order valence-corrected chi connectivity index (χ2v) is 12.3. The fourth-order valence-corrected chi connectivity index (χ4v) is 6.01. The zero-order valence-corrected chi connectivity index (χ0v) is 25.7. The lowest BCUT2D eigenvalue weighted by Crippen LogP contribution is -2.48. The minimum absolute atomic E-state index is 0.0343. The van der Waals surface area contributed by atoms with E-state index in [1.807, 2.05) is 0 Å². The van der Waals surface area contributed by atoms with Crippen molar-refractivity contribution < 1.29 is 36.3 Å². The molecule has 0 bridgehead atoms. The Bertz CT molecular complexity index is 1920. The number of hydrogen-bond acceptors (Lipinski definition) is 8. The maximum Gasteiger partial charge on any atom is 0.410 e. The van der Waals surface area contributed by atoms with Crippen molar-refractivity contribution in [2.45, 2.75) is 51.5 Å². The Kier molecular flexibility index (Phi) is 7.21. The molecule has 0 radical (unpaired) electrons. The molecule has 2 aliphatic rings. The minimum atomic E-state index is -3.21. The molecule has 1 N–H and O–H groups in total. The highest BCUT2D eigenvalue weighted by atomic mass is 35.5. The highest BCUT2D eigenvalue weighted by Gasteiger charge is 2.42. The number of carbonyl (C=O) groups is 2. The Morgan fingerprint density at radius 2 is 2.00 bits per heavy atom. The zero-order valence-electron chi connectivity index (χ0n) is 27.9. The monoisotopic (exact) mass is 660 g/mol. The Hall–Kier alpha value is -4.59. The van der Waals surface area contributed by atoms with Crippen LogP contribution >= 0.6 is 11.6 Å². The number of halogens is 4. The predicted molar refractivity (Wildman–Crippen MR) is 164 cm³/mol. The second-order valence-electron chi connectivity index (χ2n) is 11.9. The number of nitrogens with one attached hydrogen (secondary N) is 1. The van der Waals surface area contributed by atoms with E-state index in [9.17, 15) is 18.4 Å². The molecule has 0 saturated carbocycles. The van der Waals surface area contributed by atoms with Crippen LogP contribution in [0.1, 0.15) is 54.8 Å². The summed E-state index contributed by atoms with van der Waals surface area (Å²) in [6, 6.07) is 4.50. The van der Waals surface area contributed by atoms with E-state index in [-0.39, 0.29) is 69.1 Å². The number of anilines is 1. The van der Waals surface area contributed by atoms with Gasteiger partial charge in [0.1, 0.15) is 23.0 Å². The van der Waals surface area contributed by atoms with Crippen LogP contribution in [0.5, 0.6) is 5.75 Å². The van der Waals surface area contributed by atoms with Crippen LogP contribution in [0.25, 0.3) is 22.2 Å². The lowest BCUT2D eigenvalue weighted by Gasteiger charge is -2.28. The van der Waals surface area contributed by atoms with Crippen LogP contribution in [-0.2, 0) is 9.53 Å². The number of aromatic nitrogens is 4. The summed E-state index contributed by atoms with van der Waals surface area (Å²) in [6.07, 6.45) is 1.48. The standard InChI is InChI=1S/C31H31ClF3N7O4/c1-31(2,3)46-30(44)40(4)23-12-22(26-18(32)6-5-7-24(26)45-28(34)35)42-21-10-17(19(33)11-20(21)39-27(23)42)16-13-37-29(38-14-16)41-9-8-36-25(43)15-41/h5-7,10-11,13-14,22-23,28H,8-9,12,15H2,1-4H3,(H,36,43)/t22?,23-/m1/s1/i4D3. The molecule has 2 aromatic carbocycles. The number of fused-ring (bicyclic) bond motifs is 3.